The van der Waals surface area contributed by atoms with Gasteiger partial charge in [-0.15, -0.1) is 0 Å². The number of imide groups is 1. The van der Waals surface area contributed by atoms with E-state index in [1.165, 1.54) is 0 Å². The number of nitrogens with one attached hydrogen (secondary N) is 2. The molecule has 0 saturated carbocycles. The van der Waals surface area contributed by atoms with Crippen LogP contribution in [0.3, 0.4) is 0 Å². The summed E-state index contributed by atoms with van der Waals surface area (Å²) in [6.45, 7) is 0. The molecule has 2 amide bonds. The number of hydrogen-bond acceptors (Lipinski definition) is 4. The maximum atomic E-state index is 13.4. The molecule has 0 aromatic heterocycles. The van der Waals surface area contributed by atoms with Crippen molar-refractivity contribution in [1.29, 1.82) is 0 Å². The Morgan fingerprint density at radius 2 is 1.71 bits per heavy atom. The Hall–Kier alpha value is -3.25. The molecule has 6 heteroatoms. The smallest absolute Gasteiger partial charge is 0.237 e. The van der Waals surface area contributed by atoms with Crippen LogP contribution in [-0.2, 0) is 9.59 Å². The molecule has 0 radical (unpaired) electrons. The summed E-state index contributed by atoms with van der Waals surface area (Å²) in [6, 6.07) is 13.8. The first-order valence-corrected chi connectivity index (χ1v) is 9.27. The Bertz CT molecular complexity index is 1030. The highest BCUT2D eigenvalue weighted by molar-refractivity contribution is 6.11. The fourth-order valence-corrected chi connectivity index (χ4v) is 4.90. The van der Waals surface area contributed by atoms with Gasteiger partial charge in [-0.25, -0.2) is 0 Å². The van der Waals surface area contributed by atoms with E-state index in [0.29, 0.717) is 11.3 Å². The molecule has 3 aliphatic heterocycles. The molecule has 6 nitrogen and oxygen atoms in total. The van der Waals surface area contributed by atoms with Crippen molar-refractivity contribution in [3.05, 3.63) is 71.4 Å². The number of carbonyl (C=O) groups excluding carboxylic acids is 3. The van der Waals surface area contributed by atoms with E-state index in [1.807, 2.05) is 36.5 Å². The molecule has 2 fully saturated rings. The number of amides is 2. The van der Waals surface area contributed by atoms with Crippen LogP contribution < -0.4 is 15.0 Å². The van der Waals surface area contributed by atoms with Crippen molar-refractivity contribution < 1.29 is 24.0 Å². The van der Waals surface area contributed by atoms with Gasteiger partial charge in [0.05, 0.1) is 13.3 Å². The van der Waals surface area contributed by atoms with Crippen LogP contribution in [0.2, 0.25) is 0 Å². The molecule has 3 aliphatic rings. The first-order valence-electron chi connectivity index (χ1n) is 9.27. The van der Waals surface area contributed by atoms with E-state index < -0.39 is 17.9 Å². The highest BCUT2D eigenvalue weighted by Gasteiger charge is 2.65. The molecule has 2 saturated heterocycles. The predicted octanol–water partition coefficient (Wildman–Crippen LogP) is 0.759. The predicted molar refractivity (Wildman–Crippen MR) is 100 cm³/mol. The number of methoxy groups -OCH3 is 1. The maximum Gasteiger partial charge on any atom is 0.237 e. The molecule has 140 valence electrons. The van der Waals surface area contributed by atoms with Gasteiger partial charge in [-0.05, 0) is 35.9 Å². The quantitative estimate of drug-likeness (QED) is 0.614. The van der Waals surface area contributed by atoms with E-state index in [0.717, 1.165) is 16.0 Å². The lowest BCUT2D eigenvalue weighted by Crippen LogP contribution is -3.12. The zero-order valence-corrected chi connectivity index (χ0v) is 15.2. The lowest BCUT2D eigenvalue weighted by atomic mass is 9.83. The molecule has 0 bridgehead atoms. The fourth-order valence-electron chi connectivity index (χ4n) is 4.90. The SMILES string of the molecule is COc1ccc(C(=O)[C@@H]2[C@@H]3C(=O)NC(=O)[C@@H]3[C@H]3c4ccccc4C=C[NH+]23)cc1. The van der Waals surface area contributed by atoms with Gasteiger partial charge in [-0.2, -0.15) is 0 Å². The van der Waals surface area contributed by atoms with Crippen LogP contribution >= 0.6 is 0 Å². The minimum atomic E-state index is -0.669. The summed E-state index contributed by atoms with van der Waals surface area (Å²) in [7, 11) is 1.57. The van der Waals surface area contributed by atoms with Gasteiger partial charge in [-0.1, -0.05) is 24.3 Å². The average molecular weight is 375 g/mol. The minimum absolute atomic E-state index is 0.135. The van der Waals surface area contributed by atoms with Crippen molar-refractivity contribution in [2.24, 2.45) is 11.8 Å². The largest absolute Gasteiger partial charge is 0.497 e. The summed E-state index contributed by atoms with van der Waals surface area (Å²) >= 11 is 0. The van der Waals surface area contributed by atoms with Crippen LogP contribution in [0.5, 0.6) is 5.75 Å². The number of ether oxygens (including phenoxy) is 1. The number of hydrogen-bond donors (Lipinski definition) is 2. The minimum Gasteiger partial charge on any atom is -0.497 e. The molecule has 2 aromatic rings. The van der Waals surface area contributed by atoms with Gasteiger partial charge in [0.25, 0.3) is 0 Å². The summed E-state index contributed by atoms with van der Waals surface area (Å²) in [5, 5.41) is 2.45. The third-order valence-corrected chi connectivity index (χ3v) is 6.12. The first kappa shape index (κ1) is 16.9. The molecule has 1 unspecified atom stereocenters. The van der Waals surface area contributed by atoms with Gasteiger partial charge < -0.3 is 4.74 Å². The zero-order chi connectivity index (χ0) is 19.4. The topological polar surface area (TPSA) is 76.9 Å². The van der Waals surface area contributed by atoms with Crippen LogP contribution in [-0.4, -0.2) is 30.7 Å². The Morgan fingerprint density at radius 1 is 1.00 bits per heavy atom. The lowest BCUT2D eigenvalue weighted by Gasteiger charge is -2.29. The normalized spacial score (nSPS) is 29.7. The number of Topliss-reactive ketones (excluding diaryl/α,β-unsaturated/α-hetero) is 1. The van der Waals surface area contributed by atoms with Crippen LogP contribution in [0.25, 0.3) is 6.08 Å². The first-order chi connectivity index (χ1) is 13.6. The molecule has 2 N–H and O–H groups in total. The summed E-state index contributed by atoms with van der Waals surface area (Å²) in [5.41, 5.74) is 2.54. The summed E-state index contributed by atoms with van der Waals surface area (Å²) in [5.74, 6) is -1.32. The third-order valence-electron chi connectivity index (χ3n) is 6.12. The molecule has 3 heterocycles. The monoisotopic (exact) mass is 375 g/mol. The standard InChI is InChI=1S/C22H18N2O4/c1-28-14-8-6-13(7-9-14)20(25)19-17-16(21(26)23-22(17)27)18-15-5-3-2-4-12(15)10-11-24(18)19/h2-11,16-19H,1H3,(H,23,26,27)/p+1/t16-,17+,18+,19-/m0/s1. The molecule has 0 aliphatic carbocycles. The number of benzene rings is 2. The molecule has 2 aromatic carbocycles. The maximum absolute atomic E-state index is 13.4. The van der Waals surface area contributed by atoms with Crippen LogP contribution in [0.1, 0.15) is 27.5 Å². The molecule has 0 spiro atoms. The van der Waals surface area contributed by atoms with E-state index in [-0.39, 0.29) is 23.6 Å². The number of fused-ring (bicyclic) bond motifs is 5. The second-order valence-electron chi connectivity index (χ2n) is 7.42. The van der Waals surface area contributed by atoms with Gasteiger partial charge >= 0.3 is 0 Å². The summed E-state index contributed by atoms with van der Waals surface area (Å²) < 4.78 is 5.16. The van der Waals surface area contributed by atoms with Gasteiger partial charge in [0.15, 0.2) is 6.04 Å². The summed E-state index contributed by atoms with van der Waals surface area (Å²) in [6.07, 6.45) is 3.90. The number of quaternary nitrogens is 1. The average Bonchev–Trinajstić information content (AvgIpc) is 3.22. The zero-order valence-electron chi connectivity index (χ0n) is 15.2. The van der Waals surface area contributed by atoms with Gasteiger partial charge in [-0.3, -0.25) is 24.6 Å². The van der Waals surface area contributed by atoms with Crippen molar-refractivity contribution in [2.75, 3.05) is 7.11 Å². The molecular weight excluding hydrogens is 356 g/mol. The van der Waals surface area contributed by atoms with Crippen molar-refractivity contribution in [3.8, 4) is 5.75 Å². The van der Waals surface area contributed by atoms with Gasteiger partial charge in [0.1, 0.15) is 23.6 Å². The van der Waals surface area contributed by atoms with Gasteiger partial charge in [0, 0.05) is 11.1 Å². The fraction of sp³-hybridized carbons (Fsp3) is 0.227. The van der Waals surface area contributed by atoms with Crippen molar-refractivity contribution in [1.82, 2.24) is 5.32 Å². The molecule has 5 rings (SSSR count). The Labute approximate surface area is 161 Å². The van der Waals surface area contributed by atoms with Crippen molar-refractivity contribution in [3.63, 3.8) is 0 Å². The highest BCUT2D eigenvalue weighted by atomic mass is 16.5. The third kappa shape index (κ3) is 2.28. The van der Waals surface area contributed by atoms with Crippen LogP contribution in [0, 0.1) is 11.8 Å². The molecule has 5 atom stereocenters. The van der Waals surface area contributed by atoms with Crippen molar-refractivity contribution in [2.45, 2.75) is 12.1 Å². The van der Waals surface area contributed by atoms with Crippen LogP contribution in [0.4, 0.5) is 0 Å². The van der Waals surface area contributed by atoms with Gasteiger partial charge in [0.2, 0.25) is 17.6 Å². The second kappa shape index (κ2) is 6.14. The summed E-state index contributed by atoms with van der Waals surface area (Å²) in [4.78, 5) is 39.5. The van der Waals surface area contributed by atoms with E-state index in [2.05, 4.69) is 5.32 Å². The number of carbonyl (C=O) groups is 3. The van der Waals surface area contributed by atoms with E-state index in [9.17, 15) is 14.4 Å². The Morgan fingerprint density at radius 3 is 2.46 bits per heavy atom. The number of rotatable bonds is 3. The molecule has 28 heavy (non-hydrogen) atoms. The van der Waals surface area contributed by atoms with E-state index in [1.54, 1.807) is 31.4 Å². The van der Waals surface area contributed by atoms with E-state index >= 15 is 0 Å². The molecular formula is C22H19N2O4+. The van der Waals surface area contributed by atoms with Crippen LogP contribution in [0.15, 0.2) is 54.7 Å². The second-order valence-corrected chi connectivity index (χ2v) is 7.42. The van der Waals surface area contributed by atoms with Crippen molar-refractivity contribution >= 4 is 23.7 Å². The Balaban J connectivity index is 1.61. The number of ketones is 1. The lowest BCUT2D eigenvalue weighted by molar-refractivity contribution is -0.884. The van der Waals surface area contributed by atoms with E-state index in [4.69, 9.17) is 4.74 Å². The highest BCUT2D eigenvalue weighted by Crippen LogP contribution is 2.41. The Kier molecular flexibility index (Phi) is 3.70.